The zero-order valence-electron chi connectivity index (χ0n) is 13.6. The average Bonchev–Trinajstić information content (AvgIpc) is 2.68. The first-order valence-electron chi connectivity index (χ1n) is 7.64. The molecule has 1 N–H and O–H groups in total. The van der Waals surface area contributed by atoms with Crippen LogP contribution in [0.5, 0.6) is 17.4 Å². The second-order valence-corrected chi connectivity index (χ2v) is 5.15. The van der Waals surface area contributed by atoms with E-state index in [-0.39, 0.29) is 0 Å². The normalized spacial score (nSPS) is 9.92. The van der Waals surface area contributed by atoms with Gasteiger partial charge < -0.3 is 14.8 Å². The van der Waals surface area contributed by atoms with E-state index in [9.17, 15) is 0 Å². The molecule has 0 saturated heterocycles. The topological polar surface area (TPSA) is 80.1 Å². The molecule has 0 aliphatic carbocycles. The number of nitrogens with zero attached hydrogens (tertiary/aromatic N) is 3. The fraction of sp³-hybridized carbons (Fsp3) is 0.105. The van der Waals surface area contributed by atoms with Crippen LogP contribution >= 0.6 is 0 Å². The van der Waals surface area contributed by atoms with Crippen LogP contribution in [0.2, 0.25) is 0 Å². The first kappa shape index (κ1) is 16.3. The zero-order chi connectivity index (χ0) is 17.5. The largest absolute Gasteiger partial charge is 0.497 e. The molecule has 6 nitrogen and oxygen atoms in total. The molecule has 0 aliphatic heterocycles. The highest BCUT2D eigenvalue weighted by Crippen LogP contribution is 2.22. The molecule has 6 heteroatoms. The second kappa shape index (κ2) is 7.79. The molecule has 0 aliphatic rings. The lowest BCUT2D eigenvalue weighted by Gasteiger charge is -2.08. The number of benzene rings is 1. The number of anilines is 1. The van der Waals surface area contributed by atoms with Crippen LogP contribution in [0.25, 0.3) is 0 Å². The molecule has 1 aromatic carbocycles. The van der Waals surface area contributed by atoms with E-state index in [1.165, 1.54) is 0 Å². The standard InChI is InChI=1S/C19H16N4O2/c1-24-16-5-7-17(8-6-16)25-18-9-4-14(12-22-18)13-23-19-15(11-20)3-2-10-21-19/h2-10,12H,13H2,1H3,(H,21,23). The number of methoxy groups -OCH3 is 1. The monoisotopic (exact) mass is 332 g/mol. The molecule has 2 aromatic heterocycles. The van der Waals surface area contributed by atoms with Gasteiger partial charge in [0.1, 0.15) is 23.4 Å². The number of pyridine rings is 2. The predicted molar refractivity (Wildman–Crippen MR) is 93.6 cm³/mol. The SMILES string of the molecule is COc1ccc(Oc2ccc(CNc3ncccc3C#N)cn2)cc1. The molecule has 0 fully saturated rings. The van der Waals surface area contributed by atoms with Crippen LogP contribution in [0.15, 0.2) is 60.9 Å². The van der Waals surface area contributed by atoms with Crippen LogP contribution in [0.3, 0.4) is 0 Å². The fourth-order valence-electron chi connectivity index (χ4n) is 2.16. The number of ether oxygens (including phenoxy) is 2. The minimum atomic E-state index is 0.504. The van der Waals surface area contributed by atoms with E-state index in [1.54, 1.807) is 37.7 Å². The van der Waals surface area contributed by atoms with Gasteiger partial charge in [-0.15, -0.1) is 0 Å². The van der Waals surface area contributed by atoms with Gasteiger partial charge in [0.25, 0.3) is 0 Å². The molecule has 3 rings (SSSR count). The lowest BCUT2D eigenvalue weighted by molar-refractivity contribution is 0.412. The Morgan fingerprint density at radius 2 is 1.84 bits per heavy atom. The van der Waals surface area contributed by atoms with Crippen molar-refractivity contribution >= 4 is 5.82 Å². The maximum absolute atomic E-state index is 9.06. The van der Waals surface area contributed by atoms with Gasteiger partial charge in [-0.05, 0) is 42.0 Å². The van der Waals surface area contributed by atoms with Crippen molar-refractivity contribution in [2.75, 3.05) is 12.4 Å². The molecule has 0 atom stereocenters. The fourth-order valence-corrected chi connectivity index (χ4v) is 2.16. The first-order chi connectivity index (χ1) is 12.3. The molecule has 2 heterocycles. The van der Waals surface area contributed by atoms with Crippen LogP contribution in [-0.4, -0.2) is 17.1 Å². The van der Waals surface area contributed by atoms with Crippen LogP contribution in [-0.2, 0) is 6.54 Å². The molecule has 0 bridgehead atoms. The van der Waals surface area contributed by atoms with E-state index in [0.29, 0.717) is 29.6 Å². The maximum atomic E-state index is 9.06. The van der Waals surface area contributed by atoms with Gasteiger partial charge in [-0.2, -0.15) is 5.26 Å². The summed E-state index contributed by atoms with van der Waals surface area (Å²) in [4.78, 5) is 8.46. The smallest absolute Gasteiger partial charge is 0.219 e. The predicted octanol–water partition coefficient (Wildman–Crippen LogP) is 3.76. The maximum Gasteiger partial charge on any atom is 0.219 e. The Balaban J connectivity index is 1.61. The van der Waals surface area contributed by atoms with E-state index < -0.39 is 0 Å². The minimum Gasteiger partial charge on any atom is -0.497 e. The molecule has 0 saturated carbocycles. The van der Waals surface area contributed by atoms with Crippen LogP contribution in [0.4, 0.5) is 5.82 Å². The minimum absolute atomic E-state index is 0.504. The molecule has 0 unspecified atom stereocenters. The van der Waals surface area contributed by atoms with Crippen LogP contribution in [0.1, 0.15) is 11.1 Å². The summed E-state index contributed by atoms with van der Waals surface area (Å²) in [6.45, 7) is 0.515. The quantitative estimate of drug-likeness (QED) is 0.740. The van der Waals surface area contributed by atoms with Crippen molar-refractivity contribution in [3.05, 3.63) is 72.1 Å². The summed E-state index contributed by atoms with van der Waals surface area (Å²) in [5, 5.41) is 12.2. The highest BCUT2D eigenvalue weighted by molar-refractivity contribution is 5.51. The van der Waals surface area contributed by atoms with E-state index in [0.717, 1.165) is 11.3 Å². The molecule has 3 aromatic rings. The molecular formula is C19H16N4O2. The molecule has 0 radical (unpaired) electrons. The van der Waals surface area contributed by atoms with Gasteiger partial charge in [-0.1, -0.05) is 6.07 Å². The summed E-state index contributed by atoms with van der Waals surface area (Å²) in [6, 6.07) is 16.6. The summed E-state index contributed by atoms with van der Waals surface area (Å²) < 4.78 is 10.8. The molecule has 0 spiro atoms. The van der Waals surface area contributed by atoms with Gasteiger partial charge in [0, 0.05) is 25.0 Å². The third-order valence-electron chi connectivity index (χ3n) is 3.47. The molecular weight excluding hydrogens is 316 g/mol. The van der Waals surface area contributed by atoms with Crippen molar-refractivity contribution in [3.63, 3.8) is 0 Å². The summed E-state index contributed by atoms with van der Waals surface area (Å²) in [5.41, 5.74) is 1.46. The first-order valence-corrected chi connectivity index (χ1v) is 7.64. The number of hydrogen-bond acceptors (Lipinski definition) is 6. The van der Waals surface area contributed by atoms with Crippen molar-refractivity contribution in [1.29, 1.82) is 5.26 Å². The average molecular weight is 332 g/mol. The van der Waals surface area contributed by atoms with Gasteiger partial charge >= 0.3 is 0 Å². The second-order valence-electron chi connectivity index (χ2n) is 5.15. The van der Waals surface area contributed by atoms with Crippen LogP contribution in [0, 0.1) is 11.3 Å². The van der Waals surface area contributed by atoms with E-state index >= 15 is 0 Å². The van der Waals surface area contributed by atoms with E-state index in [1.807, 2.05) is 30.3 Å². The highest BCUT2D eigenvalue weighted by atomic mass is 16.5. The molecule has 124 valence electrons. The van der Waals surface area contributed by atoms with Gasteiger partial charge in [0.15, 0.2) is 0 Å². The zero-order valence-corrected chi connectivity index (χ0v) is 13.6. The summed E-state index contributed by atoms with van der Waals surface area (Å²) >= 11 is 0. The summed E-state index contributed by atoms with van der Waals surface area (Å²) in [5.74, 6) is 2.52. The Hall–Kier alpha value is -3.59. The summed E-state index contributed by atoms with van der Waals surface area (Å²) in [7, 11) is 1.62. The Kier molecular flexibility index (Phi) is 5.07. The lowest BCUT2D eigenvalue weighted by atomic mass is 10.2. The molecule has 25 heavy (non-hydrogen) atoms. The van der Waals surface area contributed by atoms with E-state index in [4.69, 9.17) is 14.7 Å². The Bertz CT molecular complexity index is 871. The van der Waals surface area contributed by atoms with Crippen molar-refractivity contribution in [3.8, 4) is 23.4 Å². The van der Waals surface area contributed by atoms with E-state index in [2.05, 4.69) is 21.4 Å². The number of aromatic nitrogens is 2. The van der Waals surface area contributed by atoms with Gasteiger partial charge in [-0.3, -0.25) is 0 Å². The van der Waals surface area contributed by atoms with Crippen molar-refractivity contribution in [1.82, 2.24) is 9.97 Å². The van der Waals surface area contributed by atoms with Gasteiger partial charge in [-0.25, -0.2) is 9.97 Å². The third-order valence-corrected chi connectivity index (χ3v) is 3.47. The van der Waals surface area contributed by atoms with Gasteiger partial charge in [0.2, 0.25) is 5.88 Å². The number of nitrogens with one attached hydrogen (secondary N) is 1. The highest BCUT2D eigenvalue weighted by Gasteiger charge is 2.03. The van der Waals surface area contributed by atoms with Crippen molar-refractivity contribution in [2.24, 2.45) is 0 Å². The number of hydrogen-bond donors (Lipinski definition) is 1. The Morgan fingerprint density at radius 3 is 2.52 bits per heavy atom. The Labute approximate surface area is 145 Å². The van der Waals surface area contributed by atoms with Gasteiger partial charge in [0.05, 0.1) is 12.7 Å². The molecule has 0 amide bonds. The lowest BCUT2D eigenvalue weighted by Crippen LogP contribution is -2.03. The number of nitriles is 1. The Morgan fingerprint density at radius 1 is 1.04 bits per heavy atom. The van der Waals surface area contributed by atoms with Crippen LogP contribution < -0.4 is 14.8 Å². The van der Waals surface area contributed by atoms with Crippen molar-refractivity contribution in [2.45, 2.75) is 6.54 Å². The third kappa shape index (κ3) is 4.24. The van der Waals surface area contributed by atoms with Crippen molar-refractivity contribution < 1.29 is 9.47 Å². The number of rotatable bonds is 6. The summed E-state index contributed by atoms with van der Waals surface area (Å²) in [6.07, 6.45) is 3.37.